The highest BCUT2D eigenvalue weighted by molar-refractivity contribution is 5.77. The van der Waals surface area contributed by atoms with Crippen LogP contribution in [0.5, 0.6) is 0 Å². The minimum absolute atomic E-state index is 0.311. The lowest BCUT2D eigenvalue weighted by molar-refractivity contribution is -0.153. The number of rotatable bonds is 3. The molecule has 0 amide bonds. The van der Waals surface area contributed by atoms with E-state index < -0.39 is 46.5 Å². The molecule has 0 spiro atoms. The van der Waals surface area contributed by atoms with Gasteiger partial charge in [-0.1, -0.05) is 0 Å². The van der Waals surface area contributed by atoms with E-state index in [1.54, 1.807) is 0 Å². The zero-order valence-corrected chi connectivity index (χ0v) is 12.5. The lowest BCUT2D eigenvalue weighted by atomic mass is 9.79. The van der Waals surface area contributed by atoms with E-state index in [0.29, 0.717) is 18.2 Å². The first-order valence-electron chi connectivity index (χ1n) is 6.35. The molecular weight excluding hydrogens is 328 g/mol. The zero-order chi connectivity index (χ0) is 18.2. The van der Waals surface area contributed by atoms with Gasteiger partial charge >= 0.3 is 18.3 Å². The summed E-state index contributed by atoms with van der Waals surface area (Å²) in [5.74, 6) is -0.935. The Hall–Kier alpha value is -1.77. The van der Waals surface area contributed by atoms with E-state index in [2.05, 4.69) is 4.74 Å². The number of hydrogen-bond acceptors (Lipinski definition) is 3. The molecule has 1 aromatic rings. The topological polar surface area (TPSA) is 52.3 Å². The summed E-state index contributed by atoms with van der Waals surface area (Å²) >= 11 is 0. The minimum Gasteiger partial charge on any atom is -0.469 e. The van der Waals surface area contributed by atoms with Crippen LogP contribution in [0.2, 0.25) is 0 Å². The normalized spacial score (nSPS) is 14.5. The molecule has 3 nitrogen and oxygen atoms in total. The van der Waals surface area contributed by atoms with Crippen LogP contribution in [0.15, 0.2) is 18.2 Å². The number of benzene rings is 1. The van der Waals surface area contributed by atoms with Gasteiger partial charge in [0.1, 0.15) is 0 Å². The van der Waals surface area contributed by atoms with Crippen molar-refractivity contribution in [3.63, 3.8) is 0 Å². The summed E-state index contributed by atoms with van der Waals surface area (Å²) < 4.78 is 81.9. The van der Waals surface area contributed by atoms with E-state index in [1.165, 1.54) is 13.8 Å². The summed E-state index contributed by atoms with van der Waals surface area (Å²) in [6, 6.07) is -0.692. The van der Waals surface area contributed by atoms with Gasteiger partial charge < -0.3 is 10.5 Å². The highest BCUT2D eigenvalue weighted by Crippen LogP contribution is 2.42. The van der Waals surface area contributed by atoms with Gasteiger partial charge in [0.25, 0.3) is 0 Å². The Kier molecular flexibility index (Phi) is 5.05. The van der Waals surface area contributed by atoms with Crippen LogP contribution in [-0.4, -0.2) is 13.1 Å². The first-order valence-corrected chi connectivity index (χ1v) is 6.35. The fraction of sp³-hybridized carbons (Fsp3) is 0.500. The van der Waals surface area contributed by atoms with Crippen molar-refractivity contribution >= 4 is 5.97 Å². The van der Waals surface area contributed by atoms with Crippen LogP contribution in [0, 0.1) is 5.41 Å². The van der Waals surface area contributed by atoms with Gasteiger partial charge in [-0.05, 0) is 37.6 Å². The van der Waals surface area contributed by atoms with E-state index >= 15 is 0 Å². The summed E-state index contributed by atoms with van der Waals surface area (Å²) in [5, 5.41) is 0. The van der Waals surface area contributed by atoms with Crippen LogP contribution in [0.1, 0.15) is 36.6 Å². The van der Waals surface area contributed by atoms with Crippen molar-refractivity contribution in [2.24, 2.45) is 11.1 Å². The van der Waals surface area contributed by atoms with E-state index in [1.807, 2.05) is 0 Å². The standard InChI is InChI=1S/C14H15F6NO2/c1-12(2,11(22)23-3)10(21)8-6-7(13(15,16)17)4-5-9(8)14(18,19)20/h4-6,10H,21H2,1-3H3/t10-/m0/s1. The Morgan fingerprint density at radius 2 is 1.61 bits per heavy atom. The molecule has 0 radical (unpaired) electrons. The molecule has 1 rings (SSSR count). The Morgan fingerprint density at radius 3 is 2.00 bits per heavy atom. The molecule has 23 heavy (non-hydrogen) atoms. The van der Waals surface area contributed by atoms with Gasteiger partial charge in [0.2, 0.25) is 0 Å². The number of carbonyl (C=O) groups excluding carboxylic acids is 1. The molecule has 130 valence electrons. The van der Waals surface area contributed by atoms with Crippen LogP contribution in [-0.2, 0) is 21.9 Å². The second-order valence-electron chi connectivity index (χ2n) is 5.49. The van der Waals surface area contributed by atoms with Crippen LogP contribution in [0.3, 0.4) is 0 Å². The molecule has 0 saturated carbocycles. The summed E-state index contributed by atoms with van der Waals surface area (Å²) in [6.45, 7) is 2.40. The van der Waals surface area contributed by atoms with Crippen molar-refractivity contribution < 1.29 is 35.9 Å². The highest BCUT2D eigenvalue weighted by Gasteiger charge is 2.43. The number of ether oxygens (including phenoxy) is 1. The smallest absolute Gasteiger partial charge is 0.416 e. The van der Waals surface area contributed by atoms with Gasteiger partial charge in [0, 0.05) is 6.04 Å². The SMILES string of the molecule is COC(=O)C(C)(C)[C@@H](N)c1cc(C(F)(F)F)ccc1C(F)(F)F. The monoisotopic (exact) mass is 343 g/mol. The Balaban J connectivity index is 3.55. The van der Waals surface area contributed by atoms with Gasteiger partial charge in [0.15, 0.2) is 0 Å². The van der Waals surface area contributed by atoms with Crippen molar-refractivity contribution in [3.8, 4) is 0 Å². The minimum atomic E-state index is -4.91. The Bertz CT molecular complexity index is 592. The van der Waals surface area contributed by atoms with Gasteiger partial charge in [-0.15, -0.1) is 0 Å². The summed E-state index contributed by atoms with van der Waals surface area (Å²) in [4.78, 5) is 11.7. The molecular formula is C14H15F6NO2. The molecule has 0 bridgehead atoms. The number of methoxy groups -OCH3 is 1. The van der Waals surface area contributed by atoms with E-state index in [0.717, 1.165) is 7.11 Å². The maximum absolute atomic E-state index is 13.1. The molecule has 0 fully saturated rings. The lowest BCUT2D eigenvalue weighted by Gasteiger charge is -2.31. The number of esters is 1. The first-order chi connectivity index (χ1) is 10.2. The quantitative estimate of drug-likeness (QED) is 0.668. The summed E-state index contributed by atoms with van der Waals surface area (Å²) in [6.07, 6.45) is -9.75. The number of hydrogen-bond donors (Lipinski definition) is 1. The van der Waals surface area contributed by atoms with E-state index in [4.69, 9.17) is 5.73 Å². The average molecular weight is 343 g/mol. The third-order valence-electron chi connectivity index (χ3n) is 3.51. The molecule has 1 aromatic carbocycles. The first kappa shape index (κ1) is 19.3. The third-order valence-corrected chi connectivity index (χ3v) is 3.51. The molecule has 0 aliphatic heterocycles. The largest absolute Gasteiger partial charge is 0.469 e. The lowest BCUT2D eigenvalue weighted by Crippen LogP contribution is -2.38. The number of nitrogens with two attached hydrogens (primary N) is 1. The Labute approximate surface area is 128 Å². The number of alkyl halides is 6. The van der Waals surface area contributed by atoms with Crippen LogP contribution < -0.4 is 5.73 Å². The van der Waals surface area contributed by atoms with Crippen LogP contribution in [0.4, 0.5) is 26.3 Å². The van der Waals surface area contributed by atoms with Gasteiger partial charge in [-0.3, -0.25) is 4.79 Å². The fourth-order valence-corrected chi connectivity index (χ4v) is 2.03. The summed E-state index contributed by atoms with van der Waals surface area (Å²) in [7, 11) is 1.01. The molecule has 1 atom stereocenters. The molecule has 2 N–H and O–H groups in total. The van der Waals surface area contributed by atoms with Crippen molar-refractivity contribution in [2.45, 2.75) is 32.2 Å². The third kappa shape index (κ3) is 3.95. The Morgan fingerprint density at radius 1 is 1.09 bits per heavy atom. The number of carbonyl (C=O) groups is 1. The van der Waals surface area contributed by atoms with Gasteiger partial charge in [-0.25, -0.2) is 0 Å². The molecule has 0 saturated heterocycles. The predicted molar refractivity (Wildman–Crippen MR) is 69.2 cm³/mol. The van der Waals surface area contributed by atoms with Crippen LogP contribution >= 0.6 is 0 Å². The maximum atomic E-state index is 13.1. The molecule has 0 heterocycles. The highest BCUT2D eigenvalue weighted by atomic mass is 19.4. The molecule has 0 aliphatic carbocycles. The maximum Gasteiger partial charge on any atom is 0.416 e. The molecule has 9 heteroatoms. The van der Waals surface area contributed by atoms with Crippen molar-refractivity contribution in [2.75, 3.05) is 7.11 Å². The predicted octanol–water partition coefficient (Wildman–Crippen LogP) is 3.92. The second-order valence-corrected chi connectivity index (χ2v) is 5.49. The van der Waals surface area contributed by atoms with Crippen molar-refractivity contribution in [1.82, 2.24) is 0 Å². The molecule has 0 unspecified atom stereocenters. The summed E-state index contributed by atoms with van der Waals surface area (Å²) in [5.41, 5.74) is 0.615. The van der Waals surface area contributed by atoms with Crippen molar-refractivity contribution in [1.29, 1.82) is 0 Å². The van der Waals surface area contributed by atoms with Gasteiger partial charge in [-0.2, -0.15) is 26.3 Å². The average Bonchev–Trinajstić information content (AvgIpc) is 2.42. The van der Waals surface area contributed by atoms with E-state index in [9.17, 15) is 31.1 Å². The zero-order valence-electron chi connectivity index (χ0n) is 12.5. The second kappa shape index (κ2) is 6.03. The van der Waals surface area contributed by atoms with Crippen molar-refractivity contribution in [3.05, 3.63) is 34.9 Å². The molecule has 0 aliphatic rings. The van der Waals surface area contributed by atoms with E-state index in [-0.39, 0.29) is 0 Å². The van der Waals surface area contributed by atoms with Gasteiger partial charge in [0.05, 0.1) is 23.7 Å². The molecule has 0 aromatic heterocycles. The fourth-order valence-electron chi connectivity index (χ4n) is 2.03. The van der Waals surface area contributed by atoms with Crippen LogP contribution in [0.25, 0.3) is 0 Å². The number of halogens is 6.